The van der Waals surface area contributed by atoms with Crippen molar-refractivity contribution in [2.75, 3.05) is 5.32 Å². The third-order valence-electron chi connectivity index (χ3n) is 4.79. The number of phenolic OH excluding ortho intramolecular Hbond substituents is 1. The van der Waals surface area contributed by atoms with Gasteiger partial charge >= 0.3 is 0 Å². The van der Waals surface area contributed by atoms with E-state index < -0.39 is 16.6 Å². The molecule has 0 aliphatic heterocycles. The van der Waals surface area contributed by atoms with Gasteiger partial charge < -0.3 is 25.0 Å². The maximum absolute atomic E-state index is 12.7. The van der Waals surface area contributed by atoms with E-state index in [-0.39, 0.29) is 17.7 Å². The van der Waals surface area contributed by atoms with E-state index in [1.807, 2.05) is 18.2 Å². The maximum atomic E-state index is 12.7. The van der Waals surface area contributed by atoms with Gasteiger partial charge in [0.1, 0.15) is 5.75 Å². The summed E-state index contributed by atoms with van der Waals surface area (Å²) >= 11 is 0. The molecule has 0 bridgehead atoms. The van der Waals surface area contributed by atoms with Crippen LogP contribution in [-0.2, 0) is 6.54 Å². The van der Waals surface area contributed by atoms with Crippen molar-refractivity contribution < 1.29 is 14.7 Å². The molecule has 0 radical (unpaired) electrons. The number of hydrogen-bond acceptors (Lipinski definition) is 5. The van der Waals surface area contributed by atoms with E-state index in [4.69, 9.17) is 0 Å². The van der Waals surface area contributed by atoms with Crippen molar-refractivity contribution >= 4 is 43.6 Å². The molecule has 0 saturated carbocycles. The van der Waals surface area contributed by atoms with Crippen molar-refractivity contribution in [1.82, 2.24) is 4.98 Å². The molecule has 6 nitrogen and oxygen atoms in total. The van der Waals surface area contributed by atoms with Crippen LogP contribution in [-0.4, -0.2) is 36.3 Å². The average Bonchev–Trinajstić information content (AvgIpc) is 2.59. The molecule has 28 heavy (non-hydrogen) atoms. The van der Waals surface area contributed by atoms with Gasteiger partial charge in [-0.2, -0.15) is 0 Å². The number of phenols is 1. The molecule has 3 rings (SSSR count). The third kappa shape index (κ3) is 4.04. The van der Waals surface area contributed by atoms with Crippen LogP contribution in [0.15, 0.2) is 47.4 Å². The van der Waals surface area contributed by atoms with Crippen molar-refractivity contribution in [3.63, 3.8) is 0 Å². The van der Waals surface area contributed by atoms with Gasteiger partial charge in [-0.25, -0.2) is 0 Å². The highest BCUT2D eigenvalue weighted by atomic mass is 28.4. The molecule has 1 heterocycles. The molecule has 0 amide bonds. The van der Waals surface area contributed by atoms with Crippen LogP contribution in [0.3, 0.4) is 0 Å². The largest absolute Gasteiger partial charge is 0.508 e. The lowest BCUT2D eigenvalue weighted by Crippen LogP contribution is -2.49. The Balaban J connectivity index is 2.00. The molecule has 0 fully saturated rings. The number of rotatable bonds is 5. The van der Waals surface area contributed by atoms with Crippen LogP contribution in [0.4, 0.5) is 5.69 Å². The minimum atomic E-state index is -2.76. The highest BCUT2D eigenvalue weighted by Gasteiger charge is 2.31. The van der Waals surface area contributed by atoms with E-state index in [0.29, 0.717) is 27.0 Å². The zero-order chi connectivity index (χ0) is 20.7. The minimum Gasteiger partial charge on any atom is -0.508 e. The molecule has 0 aliphatic rings. The van der Waals surface area contributed by atoms with Crippen LogP contribution >= 0.6 is 0 Å². The summed E-state index contributed by atoms with van der Waals surface area (Å²) in [6.45, 7) is 7.25. The highest BCUT2D eigenvalue weighted by Crippen LogP contribution is 2.19. The lowest BCUT2D eigenvalue weighted by atomic mass is 10.1. The lowest BCUT2D eigenvalue weighted by Gasteiger charge is -2.25. The van der Waals surface area contributed by atoms with Crippen LogP contribution in [0.1, 0.15) is 5.56 Å². The number of nitrogens with one attached hydrogen (secondary N) is 2. The summed E-state index contributed by atoms with van der Waals surface area (Å²) in [4.78, 5) is 37.0. The Morgan fingerprint density at radius 1 is 1.00 bits per heavy atom. The number of hydrogen-bond donors (Lipinski definition) is 5. The molecule has 148 valence electrons. The normalized spacial score (nSPS) is 12.4. The molecule has 3 aromatic rings. The zero-order valence-corrected chi connectivity index (χ0v) is 18.5. The fourth-order valence-electron chi connectivity index (χ4n) is 3.26. The summed E-state index contributed by atoms with van der Waals surface area (Å²) < 4.78 is 0. The van der Waals surface area contributed by atoms with Gasteiger partial charge in [-0.05, 0) is 43.5 Å². The van der Waals surface area contributed by atoms with Gasteiger partial charge in [-0.1, -0.05) is 18.2 Å². The Bertz CT molecular complexity index is 1080. The van der Waals surface area contributed by atoms with Crippen LogP contribution in [0.25, 0.3) is 10.9 Å². The van der Waals surface area contributed by atoms with Gasteiger partial charge in [0, 0.05) is 46.1 Å². The van der Waals surface area contributed by atoms with E-state index in [0.717, 1.165) is 5.52 Å². The number of fused-ring (bicyclic) bond motifs is 1. The lowest BCUT2D eigenvalue weighted by molar-refractivity contribution is 0.476. The molecule has 0 aliphatic carbocycles. The molecule has 0 unspecified atom stereocenters. The fourth-order valence-corrected chi connectivity index (χ4v) is 5.92. The number of pyridine rings is 1. The standard InChI is InChI=1S/C20H26N2O4Si2/c1-27(2,25)18-10-19(28(3,4)26)17(23)9-16(18)22-12-13-11-21-15-8-6-5-7-14(15)20(13)24/h5-11,22-23,25-26H,12H2,1-4H3,(H,21,24). The Morgan fingerprint density at radius 3 is 2.29 bits per heavy atom. The number of H-pyrrole nitrogens is 1. The van der Waals surface area contributed by atoms with Crippen molar-refractivity contribution in [1.29, 1.82) is 0 Å². The van der Waals surface area contributed by atoms with E-state index in [2.05, 4.69) is 10.3 Å². The average molecular weight is 415 g/mol. The molecule has 0 spiro atoms. The summed E-state index contributed by atoms with van der Waals surface area (Å²) in [5.74, 6) is -0.00362. The van der Waals surface area contributed by atoms with Crippen molar-refractivity contribution in [3.8, 4) is 5.75 Å². The van der Waals surface area contributed by atoms with E-state index in [1.165, 1.54) is 6.07 Å². The smallest absolute Gasteiger partial charge is 0.217 e. The Labute approximate surface area is 165 Å². The third-order valence-corrected chi connectivity index (χ3v) is 8.24. The number of para-hydroxylation sites is 1. The number of aromatic nitrogens is 1. The molecule has 5 N–H and O–H groups in total. The van der Waals surface area contributed by atoms with Crippen LogP contribution < -0.4 is 21.1 Å². The Kier molecular flexibility index (Phi) is 5.24. The molecule has 0 saturated heterocycles. The van der Waals surface area contributed by atoms with Crippen molar-refractivity contribution in [3.05, 3.63) is 58.4 Å². The van der Waals surface area contributed by atoms with Gasteiger partial charge in [0.15, 0.2) is 5.43 Å². The van der Waals surface area contributed by atoms with E-state index in [9.17, 15) is 19.5 Å². The second kappa shape index (κ2) is 7.21. The molecule has 2 aromatic carbocycles. The van der Waals surface area contributed by atoms with E-state index >= 15 is 0 Å². The molecule has 1 aromatic heterocycles. The molecule has 0 atom stereocenters. The maximum Gasteiger partial charge on any atom is 0.217 e. The molecule has 8 heteroatoms. The summed E-state index contributed by atoms with van der Waals surface area (Å²) in [7, 11) is -5.51. The number of aromatic amines is 1. The minimum absolute atomic E-state index is 0.00362. The number of aromatic hydroxyl groups is 1. The summed E-state index contributed by atoms with van der Waals surface area (Å²) in [6, 6.07) is 10.6. The number of anilines is 1. The van der Waals surface area contributed by atoms with Gasteiger partial charge in [0.25, 0.3) is 0 Å². The zero-order valence-electron chi connectivity index (χ0n) is 16.5. The van der Waals surface area contributed by atoms with Gasteiger partial charge in [-0.3, -0.25) is 4.79 Å². The molecular formula is C20H26N2O4Si2. The summed E-state index contributed by atoms with van der Waals surface area (Å²) in [5.41, 5.74) is 1.85. The number of benzene rings is 2. The van der Waals surface area contributed by atoms with E-state index in [1.54, 1.807) is 44.5 Å². The quantitative estimate of drug-likeness (QED) is 0.408. The van der Waals surface area contributed by atoms with Gasteiger partial charge in [0.05, 0.1) is 0 Å². The monoisotopic (exact) mass is 414 g/mol. The van der Waals surface area contributed by atoms with Crippen molar-refractivity contribution in [2.45, 2.75) is 32.7 Å². The first-order valence-corrected chi connectivity index (χ1v) is 15.0. The SMILES string of the molecule is C[Si](C)(O)c1cc([Si](C)(C)O)c(NCc2c[nH]c3ccccc3c2=O)cc1O. The first-order chi connectivity index (χ1) is 13.0. The predicted octanol–water partition coefficient (Wildman–Crippen LogP) is 1.65. The Hall–Kier alpha value is -2.40. The summed E-state index contributed by atoms with van der Waals surface area (Å²) in [6.07, 6.45) is 1.68. The van der Waals surface area contributed by atoms with Gasteiger partial charge in [-0.15, -0.1) is 0 Å². The van der Waals surface area contributed by atoms with Crippen LogP contribution in [0.5, 0.6) is 5.75 Å². The first-order valence-electron chi connectivity index (χ1n) is 9.14. The van der Waals surface area contributed by atoms with Crippen LogP contribution in [0, 0.1) is 0 Å². The second-order valence-corrected chi connectivity index (χ2v) is 15.4. The summed E-state index contributed by atoms with van der Waals surface area (Å²) in [5, 5.41) is 15.4. The predicted molar refractivity (Wildman–Crippen MR) is 119 cm³/mol. The Morgan fingerprint density at radius 2 is 1.64 bits per heavy atom. The first kappa shape index (κ1) is 20.3. The topological polar surface area (TPSA) is 106 Å². The van der Waals surface area contributed by atoms with Crippen LogP contribution in [0.2, 0.25) is 26.2 Å². The molecular weight excluding hydrogens is 388 g/mol. The highest BCUT2D eigenvalue weighted by molar-refractivity contribution is 6.87. The van der Waals surface area contributed by atoms with Crippen molar-refractivity contribution in [2.24, 2.45) is 0 Å². The van der Waals surface area contributed by atoms with Gasteiger partial charge in [0.2, 0.25) is 16.6 Å². The second-order valence-electron chi connectivity index (χ2n) is 8.08. The fraction of sp³-hybridized carbons (Fsp3) is 0.250.